The highest BCUT2D eigenvalue weighted by molar-refractivity contribution is 5.38. The van der Waals surface area contributed by atoms with Crippen molar-refractivity contribution < 1.29 is 23.0 Å². The fraction of sp³-hybridized carbons (Fsp3) is 0.444. The lowest BCUT2D eigenvalue weighted by Crippen LogP contribution is -2.24. The van der Waals surface area contributed by atoms with Gasteiger partial charge in [-0.2, -0.15) is 18.2 Å². The van der Waals surface area contributed by atoms with E-state index in [0.717, 1.165) is 0 Å². The molecule has 0 spiro atoms. The molecule has 1 aromatic rings. The number of aromatic hydroxyl groups is 1. The van der Waals surface area contributed by atoms with Crippen LogP contribution in [-0.2, 0) is 0 Å². The summed E-state index contributed by atoms with van der Waals surface area (Å²) in [6, 6.07) is 0. The summed E-state index contributed by atoms with van der Waals surface area (Å²) in [5, 5.41) is 9.10. The minimum Gasteiger partial charge on any atom is -0.501 e. The predicted octanol–water partition coefficient (Wildman–Crippen LogP) is 2.38. The number of nitrogens with zero attached hydrogens (tertiary/aromatic N) is 1. The van der Waals surface area contributed by atoms with Crippen molar-refractivity contribution in [2.75, 3.05) is 0 Å². The SMILES string of the molecule is CC(C)(C)Oc1c(O)c(F)nc(F)c1F. The molecule has 6 heteroatoms. The van der Waals surface area contributed by atoms with Gasteiger partial charge in [-0.05, 0) is 20.8 Å². The van der Waals surface area contributed by atoms with E-state index in [2.05, 4.69) is 4.98 Å². The summed E-state index contributed by atoms with van der Waals surface area (Å²) in [5.74, 6) is -6.67. The summed E-state index contributed by atoms with van der Waals surface area (Å²) >= 11 is 0. The standard InChI is InChI=1S/C9H10F3NO2/c1-9(2,3)15-6-4(10)7(11)13-8(12)5(6)14/h14H,1-3H3. The Bertz CT molecular complexity index is 362. The smallest absolute Gasteiger partial charge is 0.261 e. The van der Waals surface area contributed by atoms with Gasteiger partial charge in [0, 0.05) is 0 Å². The molecule has 0 saturated heterocycles. The molecule has 0 fully saturated rings. The van der Waals surface area contributed by atoms with Gasteiger partial charge in [-0.15, -0.1) is 0 Å². The number of hydrogen-bond acceptors (Lipinski definition) is 3. The van der Waals surface area contributed by atoms with Crippen molar-refractivity contribution in [1.82, 2.24) is 4.98 Å². The molecule has 0 aliphatic carbocycles. The average Bonchev–Trinajstić information content (AvgIpc) is 2.08. The maximum Gasteiger partial charge on any atom is 0.261 e. The summed E-state index contributed by atoms with van der Waals surface area (Å²) in [5.41, 5.74) is -0.890. The van der Waals surface area contributed by atoms with Crippen LogP contribution in [0.2, 0.25) is 0 Å². The molecule has 0 amide bonds. The lowest BCUT2D eigenvalue weighted by molar-refractivity contribution is 0.115. The lowest BCUT2D eigenvalue weighted by atomic mass is 10.2. The van der Waals surface area contributed by atoms with Gasteiger partial charge in [-0.3, -0.25) is 0 Å². The molecule has 0 aliphatic rings. The van der Waals surface area contributed by atoms with E-state index in [-0.39, 0.29) is 0 Å². The van der Waals surface area contributed by atoms with E-state index in [4.69, 9.17) is 9.84 Å². The molecule has 1 rings (SSSR count). The largest absolute Gasteiger partial charge is 0.501 e. The van der Waals surface area contributed by atoms with Crippen molar-refractivity contribution >= 4 is 0 Å². The third kappa shape index (κ3) is 2.51. The predicted molar refractivity (Wildman–Crippen MR) is 46.2 cm³/mol. The summed E-state index contributed by atoms with van der Waals surface area (Å²) in [7, 11) is 0. The molecule has 0 aromatic carbocycles. The molecule has 3 nitrogen and oxygen atoms in total. The van der Waals surface area contributed by atoms with Gasteiger partial charge < -0.3 is 9.84 Å². The van der Waals surface area contributed by atoms with Crippen LogP contribution in [0.15, 0.2) is 0 Å². The molecular formula is C9H10F3NO2. The van der Waals surface area contributed by atoms with Crippen molar-refractivity contribution in [3.05, 3.63) is 17.7 Å². The van der Waals surface area contributed by atoms with E-state index in [1.54, 1.807) is 20.8 Å². The zero-order valence-corrected chi connectivity index (χ0v) is 8.44. The Balaban J connectivity index is 3.27. The Morgan fingerprint density at radius 3 is 2.13 bits per heavy atom. The topological polar surface area (TPSA) is 42.4 Å². The lowest BCUT2D eigenvalue weighted by Gasteiger charge is -2.22. The second-order valence-electron chi connectivity index (χ2n) is 3.90. The van der Waals surface area contributed by atoms with E-state index in [0.29, 0.717) is 0 Å². The summed E-state index contributed by atoms with van der Waals surface area (Å²) < 4.78 is 43.4. The third-order valence-corrected chi connectivity index (χ3v) is 1.40. The van der Waals surface area contributed by atoms with Crippen molar-refractivity contribution in [1.29, 1.82) is 0 Å². The highest BCUT2D eigenvalue weighted by atomic mass is 19.2. The zero-order chi connectivity index (χ0) is 11.8. The molecule has 1 aromatic heterocycles. The second kappa shape index (κ2) is 3.60. The Labute approximate surface area is 84.5 Å². The molecule has 0 aliphatic heterocycles. The molecule has 1 N–H and O–H groups in total. The number of hydrogen-bond donors (Lipinski definition) is 1. The van der Waals surface area contributed by atoms with Gasteiger partial charge in [0.15, 0.2) is 0 Å². The van der Waals surface area contributed by atoms with E-state index in [9.17, 15) is 13.2 Å². The first-order chi connectivity index (χ1) is 6.72. The molecule has 1 heterocycles. The van der Waals surface area contributed by atoms with Crippen LogP contribution in [0.3, 0.4) is 0 Å². The van der Waals surface area contributed by atoms with Crippen LogP contribution in [0.4, 0.5) is 13.2 Å². The maximum absolute atomic E-state index is 13.1. The first-order valence-electron chi connectivity index (χ1n) is 4.15. The molecule has 0 unspecified atom stereocenters. The van der Waals surface area contributed by atoms with Crippen molar-refractivity contribution in [3.8, 4) is 11.5 Å². The fourth-order valence-corrected chi connectivity index (χ4v) is 0.879. The van der Waals surface area contributed by atoms with E-state index in [1.165, 1.54) is 0 Å². The first kappa shape index (κ1) is 11.6. The summed E-state index contributed by atoms with van der Waals surface area (Å²) in [4.78, 5) is 2.53. The van der Waals surface area contributed by atoms with Crippen LogP contribution in [0.5, 0.6) is 11.5 Å². The first-order valence-corrected chi connectivity index (χ1v) is 4.15. The summed E-state index contributed by atoms with van der Waals surface area (Å²) in [6.45, 7) is 4.63. The molecule has 0 bridgehead atoms. The van der Waals surface area contributed by atoms with Gasteiger partial charge in [0.05, 0.1) is 0 Å². The summed E-state index contributed by atoms with van der Waals surface area (Å²) in [6.07, 6.45) is 0. The zero-order valence-electron chi connectivity index (χ0n) is 8.44. The van der Waals surface area contributed by atoms with Gasteiger partial charge in [-0.25, -0.2) is 0 Å². The molecule has 0 radical (unpaired) electrons. The van der Waals surface area contributed by atoms with Gasteiger partial charge in [-0.1, -0.05) is 0 Å². The molecular weight excluding hydrogens is 211 g/mol. The number of rotatable bonds is 1. The van der Waals surface area contributed by atoms with Crippen LogP contribution in [-0.4, -0.2) is 15.7 Å². The van der Waals surface area contributed by atoms with Crippen LogP contribution in [0, 0.1) is 17.7 Å². The van der Waals surface area contributed by atoms with Crippen molar-refractivity contribution in [3.63, 3.8) is 0 Å². The second-order valence-corrected chi connectivity index (χ2v) is 3.90. The number of ether oxygens (including phenoxy) is 1. The van der Waals surface area contributed by atoms with Crippen LogP contribution >= 0.6 is 0 Å². The van der Waals surface area contributed by atoms with E-state index >= 15 is 0 Å². The molecule has 84 valence electrons. The van der Waals surface area contributed by atoms with Crippen LogP contribution in [0.25, 0.3) is 0 Å². The van der Waals surface area contributed by atoms with E-state index < -0.39 is 34.8 Å². The van der Waals surface area contributed by atoms with Crippen molar-refractivity contribution in [2.45, 2.75) is 26.4 Å². The molecule has 0 atom stereocenters. The Hall–Kier alpha value is -1.46. The van der Waals surface area contributed by atoms with E-state index in [1.807, 2.05) is 0 Å². The van der Waals surface area contributed by atoms with Gasteiger partial charge in [0.25, 0.3) is 11.9 Å². The number of pyridine rings is 1. The number of halogens is 3. The minimum absolute atomic E-state index is 0.868. The highest BCUT2D eigenvalue weighted by Gasteiger charge is 2.25. The minimum atomic E-state index is -1.65. The monoisotopic (exact) mass is 221 g/mol. The third-order valence-electron chi connectivity index (χ3n) is 1.40. The van der Waals surface area contributed by atoms with Gasteiger partial charge in [0.2, 0.25) is 17.3 Å². The van der Waals surface area contributed by atoms with Gasteiger partial charge in [0.1, 0.15) is 5.60 Å². The maximum atomic E-state index is 13.1. The Morgan fingerprint density at radius 1 is 1.13 bits per heavy atom. The average molecular weight is 221 g/mol. The Morgan fingerprint density at radius 2 is 1.67 bits per heavy atom. The van der Waals surface area contributed by atoms with Crippen LogP contribution in [0.1, 0.15) is 20.8 Å². The highest BCUT2D eigenvalue weighted by Crippen LogP contribution is 2.34. The van der Waals surface area contributed by atoms with Crippen LogP contribution < -0.4 is 4.74 Å². The Kier molecular flexibility index (Phi) is 2.79. The fourth-order valence-electron chi connectivity index (χ4n) is 0.879. The molecule has 0 saturated carbocycles. The normalized spacial score (nSPS) is 11.6. The van der Waals surface area contributed by atoms with Crippen molar-refractivity contribution in [2.24, 2.45) is 0 Å². The molecule has 15 heavy (non-hydrogen) atoms. The number of aromatic nitrogens is 1. The quantitative estimate of drug-likeness (QED) is 0.740. The van der Waals surface area contributed by atoms with Gasteiger partial charge >= 0.3 is 0 Å².